The van der Waals surface area contributed by atoms with E-state index in [0.29, 0.717) is 23.6 Å². The van der Waals surface area contributed by atoms with Gasteiger partial charge < -0.3 is 16.4 Å². The molecule has 2 aliphatic heterocycles. The second kappa shape index (κ2) is 5.04. The zero-order valence-corrected chi connectivity index (χ0v) is 11.7. The lowest BCUT2D eigenvalue weighted by atomic mass is 9.77. The summed E-state index contributed by atoms with van der Waals surface area (Å²) < 4.78 is 4.64. The van der Waals surface area contributed by atoms with Gasteiger partial charge in [-0.15, -0.1) is 0 Å². The number of rotatable bonds is 3. The van der Waals surface area contributed by atoms with Crippen LogP contribution in [0.2, 0.25) is 0 Å². The van der Waals surface area contributed by atoms with Gasteiger partial charge in [0.15, 0.2) is 11.5 Å². The van der Waals surface area contributed by atoms with Gasteiger partial charge in [0.25, 0.3) is 0 Å². The van der Waals surface area contributed by atoms with Gasteiger partial charge in [0.2, 0.25) is 0 Å². The van der Waals surface area contributed by atoms with Crippen LogP contribution in [0.4, 0.5) is 11.5 Å². The first-order valence-corrected chi connectivity index (χ1v) is 7.48. The summed E-state index contributed by atoms with van der Waals surface area (Å²) in [6.07, 6.45) is 3.86. The molecule has 6 nitrogen and oxygen atoms in total. The fraction of sp³-hybridized carbons (Fsp3) is 0.467. The minimum atomic E-state index is 0.325. The van der Waals surface area contributed by atoms with E-state index in [1.165, 1.54) is 19.3 Å². The zero-order valence-electron chi connectivity index (χ0n) is 11.7. The monoisotopic (exact) mass is 285 g/mol. The van der Waals surface area contributed by atoms with E-state index in [2.05, 4.69) is 37.7 Å². The molecule has 3 aliphatic rings. The number of hydrogen-bond acceptors (Lipinski definition) is 6. The van der Waals surface area contributed by atoms with E-state index in [-0.39, 0.29) is 0 Å². The summed E-state index contributed by atoms with van der Waals surface area (Å²) in [7, 11) is 0. The summed E-state index contributed by atoms with van der Waals surface area (Å²) in [6, 6.07) is 9.40. The number of hydrogen-bond donors (Lipinski definition) is 3. The summed E-state index contributed by atoms with van der Waals surface area (Å²) in [6.45, 7) is 1.14. The smallest absolute Gasteiger partial charge is 0.196 e. The van der Waals surface area contributed by atoms with Crippen LogP contribution in [0.1, 0.15) is 19.3 Å². The molecule has 3 atom stereocenters. The van der Waals surface area contributed by atoms with Crippen LogP contribution >= 0.6 is 0 Å². The van der Waals surface area contributed by atoms with Crippen LogP contribution < -0.4 is 16.4 Å². The molecule has 2 aromatic rings. The average Bonchev–Trinajstić information content (AvgIpc) is 2.95. The summed E-state index contributed by atoms with van der Waals surface area (Å²) in [4.78, 5) is 0. The number of anilines is 2. The van der Waals surface area contributed by atoms with Gasteiger partial charge in [-0.05, 0) is 47.6 Å². The molecule has 0 amide bonds. The van der Waals surface area contributed by atoms with E-state index < -0.39 is 0 Å². The molecular weight excluding hydrogens is 266 g/mol. The molecule has 3 fully saturated rings. The van der Waals surface area contributed by atoms with Crippen molar-refractivity contribution in [2.24, 2.45) is 5.92 Å². The molecule has 110 valence electrons. The van der Waals surface area contributed by atoms with E-state index in [1.54, 1.807) is 0 Å². The van der Waals surface area contributed by atoms with Crippen LogP contribution in [0.25, 0.3) is 11.3 Å². The minimum absolute atomic E-state index is 0.325. The molecule has 2 saturated heterocycles. The van der Waals surface area contributed by atoms with Gasteiger partial charge in [-0.1, -0.05) is 12.1 Å². The highest BCUT2D eigenvalue weighted by Gasteiger charge is 2.35. The van der Waals surface area contributed by atoms with Gasteiger partial charge in [0, 0.05) is 29.9 Å². The summed E-state index contributed by atoms with van der Waals surface area (Å²) >= 11 is 0. The Balaban J connectivity index is 1.48. The Morgan fingerprint density at radius 3 is 2.62 bits per heavy atom. The molecule has 5 rings (SSSR count). The van der Waals surface area contributed by atoms with Crippen LogP contribution in [0.3, 0.4) is 0 Å². The Kier molecular flexibility index (Phi) is 3.03. The third kappa shape index (κ3) is 2.35. The molecule has 1 aromatic carbocycles. The molecule has 21 heavy (non-hydrogen) atoms. The van der Waals surface area contributed by atoms with Crippen molar-refractivity contribution in [1.29, 1.82) is 0 Å². The molecule has 2 bridgehead atoms. The maximum atomic E-state index is 5.71. The number of nitrogens with two attached hydrogens (primary N) is 1. The van der Waals surface area contributed by atoms with Crippen molar-refractivity contribution in [3.05, 3.63) is 24.3 Å². The van der Waals surface area contributed by atoms with E-state index in [9.17, 15) is 0 Å². The van der Waals surface area contributed by atoms with E-state index in [4.69, 9.17) is 5.73 Å². The second-order valence-corrected chi connectivity index (χ2v) is 6.00. The lowest BCUT2D eigenvalue weighted by Crippen LogP contribution is -2.53. The van der Waals surface area contributed by atoms with Crippen LogP contribution in [-0.2, 0) is 0 Å². The van der Waals surface area contributed by atoms with Crippen molar-refractivity contribution in [1.82, 2.24) is 15.6 Å². The predicted molar refractivity (Wildman–Crippen MR) is 80.7 cm³/mol. The van der Waals surface area contributed by atoms with Gasteiger partial charge in [-0.3, -0.25) is 0 Å². The Bertz CT molecular complexity index is 615. The van der Waals surface area contributed by atoms with Crippen LogP contribution in [0.15, 0.2) is 28.9 Å². The van der Waals surface area contributed by atoms with Gasteiger partial charge in [0.05, 0.1) is 0 Å². The minimum Gasteiger partial charge on any atom is -0.382 e. The first kappa shape index (κ1) is 12.6. The maximum absolute atomic E-state index is 5.71. The molecular formula is C15H19N5O. The fourth-order valence-corrected chi connectivity index (χ4v) is 3.49. The van der Waals surface area contributed by atoms with Gasteiger partial charge in [-0.2, -0.15) is 0 Å². The third-order valence-electron chi connectivity index (χ3n) is 4.69. The molecule has 1 saturated carbocycles. The molecule has 1 aliphatic carbocycles. The number of piperidine rings is 2. The highest BCUT2D eigenvalue weighted by atomic mass is 16.6. The number of nitrogens with one attached hydrogen (secondary N) is 2. The topological polar surface area (TPSA) is 89.0 Å². The first-order valence-electron chi connectivity index (χ1n) is 7.48. The maximum Gasteiger partial charge on any atom is 0.196 e. The molecule has 0 spiro atoms. The van der Waals surface area contributed by atoms with Crippen LogP contribution in [0.5, 0.6) is 0 Å². The largest absolute Gasteiger partial charge is 0.382 e. The number of benzene rings is 1. The van der Waals surface area contributed by atoms with Crippen LogP contribution in [-0.4, -0.2) is 28.9 Å². The van der Waals surface area contributed by atoms with Crippen molar-refractivity contribution >= 4 is 11.5 Å². The zero-order chi connectivity index (χ0) is 14.2. The van der Waals surface area contributed by atoms with Gasteiger partial charge in [-0.25, -0.2) is 4.63 Å². The standard InChI is InChI=1S/C15H19N5O/c16-15-14(19-21-20-15)9-1-4-11(5-2-9)18-13-7-12-6-3-10(13)8-17-12/h1-2,4-5,10,12-13,17-18H,3,6-8H2,(H2,16,20). The number of fused-ring (bicyclic) bond motifs is 3. The first-order chi connectivity index (χ1) is 10.3. The van der Waals surface area contributed by atoms with Crippen molar-refractivity contribution in [3.63, 3.8) is 0 Å². The second-order valence-electron chi connectivity index (χ2n) is 6.00. The van der Waals surface area contributed by atoms with Crippen LogP contribution in [0, 0.1) is 5.92 Å². The van der Waals surface area contributed by atoms with E-state index in [1.807, 2.05) is 12.1 Å². The Morgan fingerprint density at radius 1 is 1.19 bits per heavy atom. The summed E-state index contributed by atoms with van der Waals surface area (Å²) in [5.41, 5.74) is 8.38. The molecule has 4 N–H and O–H groups in total. The van der Waals surface area contributed by atoms with Gasteiger partial charge >= 0.3 is 0 Å². The predicted octanol–water partition coefficient (Wildman–Crippen LogP) is 1.87. The lowest BCUT2D eigenvalue weighted by molar-refractivity contribution is 0.194. The Labute approximate surface area is 123 Å². The summed E-state index contributed by atoms with van der Waals surface area (Å²) in [5, 5.41) is 14.7. The molecule has 3 unspecified atom stereocenters. The molecule has 1 aromatic heterocycles. The Hall–Kier alpha value is -2.08. The molecule has 6 heteroatoms. The summed E-state index contributed by atoms with van der Waals surface area (Å²) in [5.74, 6) is 1.07. The molecule has 0 radical (unpaired) electrons. The van der Waals surface area contributed by atoms with Crippen molar-refractivity contribution in [3.8, 4) is 11.3 Å². The van der Waals surface area contributed by atoms with Crippen molar-refractivity contribution in [2.75, 3.05) is 17.6 Å². The van der Waals surface area contributed by atoms with Crippen molar-refractivity contribution in [2.45, 2.75) is 31.3 Å². The number of nitrogens with zero attached hydrogens (tertiary/aromatic N) is 2. The van der Waals surface area contributed by atoms with Gasteiger partial charge in [0.1, 0.15) is 0 Å². The number of nitrogen functional groups attached to an aromatic ring is 1. The van der Waals surface area contributed by atoms with E-state index >= 15 is 0 Å². The third-order valence-corrected chi connectivity index (χ3v) is 4.69. The molecule has 3 heterocycles. The highest BCUT2D eigenvalue weighted by Crippen LogP contribution is 2.32. The fourth-order valence-electron chi connectivity index (χ4n) is 3.49. The SMILES string of the molecule is Nc1nonc1-c1ccc(NC2CC3CCC2CN3)cc1. The Morgan fingerprint density at radius 2 is 2.05 bits per heavy atom. The quantitative estimate of drug-likeness (QED) is 0.798. The van der Waals surface area contributed by atoms with E-state index in [0.717, 1.165) is 23.7 Å². The van der Waals surface area contributed by atoms with Crippen molar-refractivity contribution < 1.29 is 4.63 Å². The normalized spacial score (nSPS) is 27.7. The lowest BCUT2D eigenvalue weighted by Gasteiger charge is -2.43. The number of aromatic nitrogens is 2. The average molecular weight is 285 g/mol. The highest BCUT2D eigenvalue weighted by molar-refractivity contribution is 5.70.